The summed E-state index contributed by atoms with van der Waals surface area (Å²) >= 11 is 6.05. The first-order valence-corrected chi connectivity index (χ1v) is 12.6. The topological polar surface area (TPSA) is 64.4 Å². The minimum Gasteiger partial charge on any atom is -0.381 e. The van der Waals surface area contributed by atoms with Crippen molar-refractivity contribution in [2.75, 3.05) is 24.1 Å². The van der Waals surface area contributed by atoms with E-state index >= 15 is 0 Å². The van der Waals surface area contributed by atoms with Gasteiger partial charge in [0.2, 0.25) is 0 Å². The molecule has 0 amide bonds. The molecule has 9 heteroatoms. The highest BCUT2D eigenvalue weighted by atomic mass is 35.5. The Labute approximate surface area is 193 Å². The largest absolute Gasteiger partial charge is 0.381 e. The minimum absolute atomic E-state index is 0.0193. The fraction of sp³-hybridized carbons (Fsp3) is 0.435. The molecule has 0 bridgehead atoms. The van der Waals surface area contributed by atoms with E-state index in [0.717, 1.165) is 47.8 Å². The van der Waals surface area contributed by atoms with Gasteiger partial charge < -0.3 is 4.74 Å². The number of benzene rings is 2. The van der Waals surface area contributed by atoms with Crippen LogP contribution in [0.15, 0.2) is 47.5 Å². The summed E-state index contributed by atoms with van der Waals surface area (Å²) in [6.07, 6.45) is 3.85. The third kappa shape index (κ3) is 4.92. The van der Waals surface area contributed by atoms with Gasteiger partial charge in [0.05, 0.1) is 16.1 Å². The molecule has 2 heterocycles. The third-order valence-electron chi connectivity index (χ3n) is 5.61. The highest BCUT2D eigenvalue weighted by Crippen LogP contribution is 2.31. The zero-order valence-corrected chi connectivity index (χ0v) is 19.7. The molecule has 0 radical (unpaired) electrons. The van der Waals surface area contributed by atoms with Crippen LogP contribution in [0.3, 0.4) is 0 Å². The molecule has 6 nitrogen and oxygen atoms in total. The van der Waals surface area contributed by atoms with Gasteiger partial charge >= 0.3 is 0 Å². The summed E-state index contributed by atoms with van der Waals surface area (Å²) in [5.74, 6) is -0.160. The van der Waals surface area contributed by atoms with Crippen LogP contribution in [0.2, 0.25) is 5.02 Å². The number of fused-ring (bicyclic) bond motifs is 1. The van der Waals surface area contributed by atoms with E-state index < -0.39 is 15.8 Å². The van der Waals surface area contributed by atoms with Gasteiger partial charge in [-0.15, -0.1) is 0 Å². The predicted molar refractivity (Wildman–Crippen MR) is 124 cm³/mol. The Morgan fingerprint density at radius 3 is 2.69 bits per heavy atom. The fourth-order valence-corrected chi connectivity index (χ4v) is 5.79. The first kappa shape index (κ1) is 23.0. The molecule has 0 spiro atoms. The van der Waals surface area contributed by atoms with Crippen LogP contribution in [0.5, 0.6) is 0 Å². The van der Waals surface area contributed by atoms with E-state index in [-0.39, 0.29) is 28.1 Å². The van der Waals surface area contributed by atoms with Crippen molar-refractivity contribution < 1.29 is 17.5 Å². The van der Waals surface area contributed by atoms with Gasteiger partial charge in [-0.25, -0.2) is 12.8 Å². The summed E-state index contributed by atoms with van der Waals surface area (Å²) in [5.41, 5.74) is 0.668. The first-order chi connectivity index (χ1) is 15.2. The van der Waals surface area contributed by atoms with Crippen LogP contribution in [0.1, 0.15) is 26.7 Å². The average Bonchev–Trinajstić information content (AvgIpc) is 3.16. The van der Waals surface area contributed by atoms with Gasteiger partial charge in [-0.3, -0.25) is 8.99 Å². The van der Waals surface area contributed by atoms with E-state index in [1.54, 1.807) is 12.1 Å². The molecule has 3 aromatic rings. The van der Waals surface area contributed by atoms with Gasteiger partial charge in [0.25, 0.3) is 10.0 Å². The summed E-state index contributed by atoms with van der Waals surface area (Å²) in [6.45, 7) is 6.19. The Balaban J connectivity index is 1.68. The van der Waals surface area contributed by atoms with Crippen molar-refractivity contribution in [1.29, 1.82) is 0 Å². The van der Waals surface area contributed by atoms with Crippen molar-refractivity contribution in [3.05, 3.63) is 53.4 Å². The number of anilines is 1. The van der Waals surface area contributed by atoms with E-state index in [2.05, 4.69) is 5.10 Å². The predicted octanol–water partition coefficient (Wildman–Crippen LogP) is 5.11. The monoisotopic (exact) mass is 479 g/mol. The minimum atomic E-state index is -4.02. The van der Waals surface area contributed by atoms with Gasteiger partial charge in [0, 0.05) is 42.9 Å². The molecule has 32 heavy (non-hydrogen) atoms. The van der Waals surface area contributed by atoms with Crippen LogP contribution in [-0.4, -0.2) is 38.0 Å². The highest BCUT2D eigenvalue weighted by Gasteiger charge is 2.28. The number of sulfonamides is 1. The maximum absolute atomic E-state index is 14.6. The van der Waals surface area contributed by atoms with Crippen LogP contribution >= 0.6 is 11.6 Å². The molecular weight excluding hydrogens is 453 g/mol. The number of halogens is 2. The molecule has 0 aliphatic carbocycles. The van der Waals surface area contributed by atoms with Crippen LogP contribution in [0.4, 0.5) is 10.1 Å². The molecule has 1 aliphatic rings. The molecule has 2 aromatic carbocycles. The molecule has 1 aromatic heterocycles. The summed E-state index contributed by atoms with van der Waals surface area (Å²) in [5, 5.41) is 5.60. The quantitative estimate of drug-likeness (QED) is 0.472. The van der Waals surface area contributed by atoms with E-state index in [4.69, 9.17) is 16.3 Å². The van der Waals surface area contributed by atoms with E-state index in [0.29, 0.717) is 5.92 Å². The lowest BCUT2D eigenvalue weighted by Crippen LogP contribution is -2.35. The Bertz CT molecular complexity index is 1210. The van der Waals surface area contributed by atoms with Crippen molar-refractivity contribution in [3.8, 4) is 0 Å². The van der Waals surface area contributed by atoms with Gasteiger partial charge in [-0.1, -0.05) is 25.4 Å². The number of hydrogen-bond acceptors (Lipinski definition) is 4. The SMILES string of the molecule is CC(C)CN(c1cc(Cl)ccc1F)S(=O)(=O)c1ccc2nn(CC3CCOCC3)cc2c1. The van der Waals surface area contributed by atoms with Gasteiger partial charge in [-0.05, 0) is 61.1 Å². The molecule has 1 saturated heterocycles. The van der Waals surface area contributed by atoms with Crippen molar-refractivity contribution in [2.24, 2.45) is 11.8 Å². The van der Waals surface area contributed by atoms with Crippen molar-refractivity contribution >= 4 is 38.2 Å². The van der Waals surface area contributed by atoms with Crippen molar-refractivity contribution in [2.45, 2.75) is 38.1 Å². The van der Waals surface area contributed by atoms with Gasteiger partial charge in [0.1, 0.15) is 5.82 Å². The Kier molecular flexibility index (Phi) is 6.74. The molecule has 0 atom stereocenters. The smallest absolute Gasteiger partial charge is 0.264 e. The zero-order valence-electron chi connectivity index (χ0n) is 18.2. The summed E-state index contributed by atoms with van der Waals surface area (Å²) in [7, 11) is -4.02. The highest BCUT2D eigenvalue weighted by molar-refractivity contribution is 7.92. The van der Waals surface area contributed by atoms with Crippen molar-refractivity contribution in [1.82, 2.24) is 9.78 Å². The molecule has 1 fully saturated rings. The number of rotatable bonds is 7. The van der Waals surface area contributed by atoms with Gasteiger partial charge in [0.15, 0.2) is 0 Å². The molecule has 4 rings (SSSR count). The molecule has 1 aliphatic heterocycles. The zero-order chi connectivity index (χ0) is 22.9. The second-order valence-electron chi connectivity index (χ2n) is 8.65. The second kappa shape index (κ2) is 9.37. The van der Waals surface area contributed by atoms with E-state index in [1.165, 1.54) is 24.3 Å². The molecule has 0 N–H and O–H groups in total. The average molecular weight is 480 g/mol. The van der Waals surface area contributed by atoms with Crippen LogP contribution in [-0.2, 0) is 21.3 Å². The lowest BCUT2D eigenvalue weighted by molar-refractivity contribution is 0.0602. The Morgan fingerprint density at radius 2 is 1.97 bits per heavy atom. The Morgan fingerprint density at radius 1 is 1.22 bits per heavy atom. The molecular formula is C23H27ClFN3O3S. The van der Waals surface area contributed by atoms with Crippen LogP contribution in [0, 0.1) is 17.7 Å². The van der Waals surface area contributed by atoms with Crippen molar-refractivity contribution in [3.63, 3.8) is 0 Å². The second-order valence-corrected chi connectivity index (χ2v) is 11.0. The third-order valence-corrected chi connectivity index (χ3v) is 7.62. The molecule has 0 unspecified atom stereocenters. The summed E-state index contributed by atoms with van der Waals surface area (Å²) in [6, 6.07) is 8.77. The molecule has 172 valence electrons. The van der Waals surface area contributed by atoms with Crippen LogP contribution in [0.25, 0.3) is 10.9 Å². The number of ether oxygens (including phenoxy) is 1. The normalized spacial score (nSPS) is 15.5. The van der Waals surface area contributed by atoms with E-state index in [1.807, 2.05) is 24.7 Å². The van der Waals surface area contributed by atoms with Crippen LogP contribution < -0.4 is 4.31 Å². The molecule has 0 saturated carbocycles. The maximum atomic E-state index is 14.6. The first-order valence-electron chi connectivity index (χ1n) is 10.8. The maximum Gasteiger partial charge on any atom is 0.264 e. The number of hydrogen-bond donors (Lipinski definition) is 0. The number of nitrogens with zero attached hydrogens (tertiary/aromatic N) is 3. The van der Waals surface area contributed by atoms with Gasteiger partial charge in [-0.2, -0.15) is 5.10 Å². The standard InChI is InChI=1S/C23H27ClFN3O3S/c1-16(2)13-28(23-12-19(24)3-5-21(23)25)32(29,30)20-4-6-22-18(11-20)15-27(26-22)14-17-7-9-31-10-8-17/h3-6,11-12,15-17H,7-10,13-14H2,1-2H3. The lowest BCUT2D eigenvalue weighted by Gasteiger charge is -2.26. The summed E-state index contributed by atoms with van der Waals surface area (Å²) in [4.78, 5) is 0.0932. The lowest BCUT2D eigenvalue weighted by atomic mass is 10.0. The van der Waals surface area contributed by atoms with E-state index in [9.17, 15) is 12.8 Å². The Hall–Kier alpha value is -2.16. The summed E-state index contributed by atoms with van der Waals surface area (Å²) < 4.78 is 50.2. The fourth-order valence-electron chi connectivity index (χ4n) is 3.96. The number of aromatic nitrogens is 2.